The van der Waals surface area contributed by atoms with Gasteiger partial charge < -0.3 is 5.11 Å². The molecule has 1 aromatic carbocycles. The summed E-state index contributed by atoms with van der Waals surface area (Å²) in [5, 5.41) is 22.7. The Morgan fingerprint density at radius 1 is 1.67 bits per heavy atom. The van der Waals surface area contributed by atoms with E-state index in [1.54, 1.807) is 6.92 Å². The highest BCUT2D eigenvalue weighted by Crippen LogP contribution is 2.22. The van der Waals surface area contributed by atoms with Gasteiger partial charge in [-0.1, -0.05) is 18.1 Å². The van der Waals surface area contributed by atoms with Gasteiger partial charge in [-0.05, 0) is 12.5 Å². The molecule has 0 aromatic heterocycles. The van der Waals surface area contributed by atoms with E-state index in [-0.39, 0.29) is 18.2 Å². The quantitative estimate of drug-likeness (QED) is 0.467. The fraction of sp³-hybridized carbons (Fsp3) is 0.250. The second kappa shape index (κ2) is 5.80. The SMILES string of the molecule is C#CC(C)NCc1cccc([N+](=O)[O-])c1C(=O)O. The number of nitrogens with zero attached hydrogens (tertiary/aromatic N) is 1. The van der Waals surface area contributed by atoms with Crippen LogP contribution < -0.4 is 5.32 Å². The van der Waals surface area contributed by atoms with Crippen molar-refractivity contribution in [2.75, 3.05) is 0 Å². The molecule has 0 saturated carbocycles. The summed E-state index contributed by atoms with van der Waals surface area (Å²) in [7, 11) is 0. The highest BCUT2D eigenvalue weighted by Gasteiger charge is 2.23. The second-order valence-electron chi connectivity index (χ2n) is 3.64. The molecule has 18 heavy (non-hydrogen) atoms. The van der Waals surface area contributed by atoms with Crippen molar-refractivity contribution in [3.8, 4) is 12.3 Å². The Bertz CT molecular complexity index is 519. The third-order valence-electron chi connectivity index (χ3n) is 2.39. The van der Waals surface area contributed by atoms with E-state index in [1.807, 2.05) is 0 Å². The summed E-state index contributed by atoms with van der Waals surface area (Å²) >= 11 is 0. The van der Waals surface area contributed by atoms with E-state index in [1.165, 1.54) is 12.1 Å². The van der Waals surface area contributed by atoms with Crippen LogP contribution in [0, 0.1) is 22.5 Å². The maximum atomic E-state index is 11.1. The molecule has 6 heteroatoms. The first-order valence-corrected chi connectivity index (χ1v) is 5.16. The van der Waals surface area contributed by atoms with Crippen LogP contribution in [0.1, 0.15) is 22.8 Å². The van der Waals surface area contributed by atoms with Gasteiger partial charge in [0.2, 0.25) is 0 Å². The molecule has 0 saturated heterocycles. The normalized spacial score (nSPS) is 11.6. The second-order valence-corrected chi connectivity index (χ2v) is 3.64. The molecule has 94 valence electrons. The number of hydrogen-bond acceptors (Lipinski definition) is 4. The number of nitro groups is 1. The van der Waals surface area contributed by atoms with Crippen molar-refractivity contribution in [1.29, 1.82) is 0 Å². The molecule has 2 N–H and O–H groups in total. The van der Waals surface area contributed by atoms with E-state index in [0.29, 0.717) is 5.56 Å². The van der Waals surface area contributed by atoms with Gasteiger partial charge in [0.05, 0.1) is 11.0 Å². The molecule has 1 aromatic rings. The zero-order valence-corrected chi connectivity index (χ0v) is 9.71. The van der Waals surface area contributed by atoms with E-state index in [2.05, 4.69) is 11.2 Å². The first kappa shape index (κ1) is 13.7. The molecule has 0 aliphatic carbocycles. The average Bonchev–Trinajstić information content (AvgIpc) is 2.34. The lowest BCUT2D eigenvalue weighted by atomic mass is 10.1. The lowest BCUT2D eigenvalue weighted by molar-refractivity contribution is -0.385. The summed E-state index contributed by atoms with van der Waals surface area (Å²) in [5.74, 6) is 1.10. The van der Waals surface area contributed by atoms with E-state index >= 15 is 0 Å². The molecule has 0 spiro atoms. The topological polar surface area (TPSA) is 92.5 Å². The van der Waals surface area contributed by atoms with Gasteiger partial charge in [-0.15, -0.1) is 6.42 Å². The van der Waals surface area contributed by atoms with E-state index in [4.69, 9.17) is 11.5 Å². The zero-order valence-electron chi connectivity index (χ0n) is 9.71. The highest BCUT2D eigenvalue weighted by molar-refractivity contribution is 5.94. The fourth-order valence-corrected chi connectivity index (χ4v) is 1.45. The summed E-state index contributed by atoms with van der Waals surface area (Å²) in [6.07, 6.45) is 5.18. The molecule has 6 nitrogen and oxygen atoms in total. The van der Waals surface area contributed by atoms with Crippen LogP contribution in [0.4, 0.5) is 5.69 Å². The van der Waals surface area contributed by atoms with Crippen molar-refractivity contribution < 1.29 is 14.8 Å². The lowest BCUT2D eigenvalue weighted by Crippen LogP contribution is -2.24. The van der Waals surface area contributed by atoms with E-state index in [0.717, 1.165) is 6.07 Å². The molecule has 0 aliphatic heterocycles. The highest BCUT2D eigenvalue weighted by atomic mass is 16.6. The molecule has 0 heterocycles. The first-order valence-electron chi connectivity index (χ1n) is 5.16. The Hall–Kier alpha value is -2.39. The molecule has 1 unspecified atom stereocenters. The predicted octanol–water partition coefficient (Wildman–Crippen LogP) is 1.40. The number of hydrogen-bond donors (Lipinski definition) is 2. The fourth-order valence-electron chi connectivity index (χ4n) is 1.45. The standard InChI is InChI=1S/C12H12N2O4/c1-3-8(2)13-7-9-5-4-6-10(14(17)18)11(9)12(15)16/h1,4-6,8,13H,7H2,2H3,(H,15,16). The van der Waals surface area contributed by atoms with Gasteiger partial charge in [-0.2, -0.15) is 0 Å². The maximum absolute atomic E-state index is 11.1. The Labute approximate surface area is 104 Å². The van der Waals surface area contributed by atoms with E-state index < -0.39 is 16.6 Å². The van der Waals surface area contributed by atoms with Crippen molar-refractivity contribution in [2.24, 2.45) is 0 Å². The number of nitrogens with one attached hydrogen (secondary N) is 1. The lowest BCUT2D eigenvalue weighted by Gasteiger charge is -2.10. The largest absolute Gasteiger partial charge is 0.477 e. The van der Waals surface area contributed by atoms with Gasteiger partial charge in [0.1, 0.15) is 5.56 Å². The maximum Gasteiger partial charge on any atom is 0.343 e. The van der Waals surface area contributed by atoms with Gasteiger partial charge in [0.25, 0.3) is 5.69 Å². The number of carboxylic acids is 1. The molecule has 0 fully saturated rings. The summed E-state index contributed by atoms with van der Waals surface area (Å²) < 4.78 is 0. The van der Waals surface area contributed by atoms with Crippen LogP contribution in [0.25, 0.3) is 0 Å². The van der Waals surface area contributed by atoms with Gasteiger partial charge in [0, 0.05) is 12.6 Å². The molecule has 1 atom stereocenters. The summed E-state index contributed by atoms with van der Waals surface area (Å²) in [5.41, 5.74) is -0.395. The summed E-state index contributed by atoms with van der Waals surface area (Å²) in [6, 6.07) is 3.89. The van der Waals surface area contributed by atoms with E-state index in [9.17, 15) is 14.9 Å². The number of terminal acetylenes is 1. The van der Waals surface area contributed by atoms with Crippen molar-refractivity contribution in [1.82, 2.24) is 5.32 Å². The number of carbonyl (C=O) groups is 1. The van der Waals surface area contributed by atoms with Crippen molar-refractivity contribution in [3.63, 3.8) is 0 Å². The number of benzene rings is 1. The van der Waals surface area contributed by atoms with Crippen molar-refractivity contribution >= 4 is 11.7 Å². The van der Waals surface area contributed by atoms with Gasteiger partial charge in [-0.25, -0.2) is 4.79 Å². The van der Waals surface area contributed by atoms with Crippen LogP contribution in [0.3, 0.4) is 0 Å². The Balaban J connectivity index is 3.12. The first-order chi connectivity index (χ1) is 8.47. The Kier molecular flexibility index (Phi) is 4.40. The van der Waals surface area contributed by atoms with Crippen LogP contribution in [-0.2, 0) is 6.54 Å². The van der Waals surface area contributed by atoms with Crippen molar-refractivity contribution in [2.45, 2.75) is 19.5 Å². The van der Waals surface area contributed by atoms with Crippen molar-refractivity contribution in [3.05, 3.63) is 39.4 Å². The molecular weight excluding hydrogens is 236 g/mol. The number of nitro benzene ring substituents is 1. The van der Waals surface area contributed by atoms with Crippen LogP contribution in [0.2, 0.25) is 0 Å². The monoisotopic (exact) mass is 248 g/mol. The van der Waals surface area contributed by atoms with Gasteiger partial charge >= 0.3 is 5.97 Å². The van der Waals surface area contributed by atoms with Crippen LogP contribution in [0.15, 0.2) is 18.2 Å². The summed E-state index contributed by atoms with van der Waals surface area (Å²) in [6.45, 7) is 1.90. The minimum absolute atomic E-state index is 0.161. The van der Waals surface area contributed by atoms with Crippen LogP contribution in [-0.4, -0.2) is 22.0 Å². The third kappa shape index (κ3) is 3.06. The van der Waals surface area contributed by atoms with Crippen LogP contribution >= 0.6 is 0 Å². The van der Waals surface area contributed by atoms with Gasteiger partial charge in [-0.3, -0.25) is 15.4 Å². The average molecular weight is 248 g/mol. The van der Waals surface area contributed by atoms with Gasteiger partial charge in [0.15, 0.2) is 0 Å². The zero-order chi connectivity index (χ0) is 13.7. The summed E-state index contributed by atoms with van der Waals surface area (Å²) in [4.78, 5) is 21.1. The molecular formula is C12H12N2O4. The third-order valence-corrected chi connectivity index (χ3v) is 2.39. The number of aromatic carboxylic acids is 1. The predicted molar refractivity (Wildman–Crippen MR) is 65.2 cm³/mol. The minimum atomic E-state index is -1.33. The number of carboxylic acid groups (broad SMARTS) is 1. The van der Waals surface area contributed by atoms with Crippen LogP contribution in [0.5, 0.6) is 0 Å². The smallest absolute Gasteiger partial charge is 0.343 e. The molecule has 1 rings (SSSR count). The Morgan fingerprint density at radius 2 is 2.33 bits per heavy atom. The Morgan fingerprint density at radius 3 is 2.83 bits per heavy atom. The molecule has 0 amide bonds. The number of rotatable bonds is 5. The molecule has 0 bridgehead atoms. The molecule has 0 radical (unpaired) electrons. The minimum Gasteiger partial charge on any atom is -0.477 e. The molecule has 0 aliphatic rings.